The van der Waals surface area contributed by atoms with Crippen molar-refractivity contribution in [2.24, 2.45) is 0 Å². The molecule has 10 heteroatoms. The third-order valence-electron chi connectivity index (χ3n) is 3.07. The molecule has 0 radical (unpaired) electrons. The maximum Gasteiger partial charge on any atom is 0.324 e. The van der Waals surface area contributed by atoms with Crippen molar-refractivity contribution >= 4 is 16.2 Å². The van der Waals surface area contributed by atoms with E-state index in [4.69, 9.17) is 4.74 Å². The first-order valence-corrected chi connectivity index (χ1v) is 7.87. The van der Waals surface area contributed by atoms with Crippen molar-refractivity contribution in [1.82, 2.24) is 19.0 Å². The molecule has 2 heterocycles. The molecule has 1 atom stereocenters. The van der Waals surface area contributed by atoms with Gasteiger partial charge in [0.1, 0.15) is 6.04 Å². The standard InChI is InChI=1S/C11H18N4O5S/c1-19-11(16)10(6-9-7-12-8-13-9)14-21(17,18)15-2-4-20-5-3-15/h7-8,10,14H,2-6H2,1H3,(H,12,13)/t10-/m0/s1. The van der Waals surface area contributed by atoms with Crippen molar-refractivity contribution in [2.45, 2.75) is 12.5 Å². The van der Waals surface area contributed by atoms with E-state index in [2.05, 4.69) is 19.4 Å². The van der Waals surface area contributed by atoms with Crippen LogP contribution in [0.25, 0.3) is 0 Å². The van der Waals surface area contributed by atoms with Gasteiger partial charge in [0, 0.05) is 31.4 Å². The fourth-order valence-corrected chi connectivity index (χ4v) is 3.29. The van der Waals surface area contributed by atoms with Crippen molar-refractivity contribution < 1.29 is 22.7 Å². The largest absolute Gasteiger partial charge is 0.468 e. The normalized spacial score (nSPS) is 18.3. The van der Waals surface area contributed by atoms with E-state index in [0.29, 0.717) is 18.9 Å². The van der Waals surface area contributed by atoms with Crippen LogP contribution in [0.3, 0.4) is 0 Å². The Bertz CT molecular complexity index is 553. The average Bonchev–Trinajstić information content (AvgIpc) is 2.99. The molecule has 0 saturated carbocycles. The highest BCUT2D eigenvalue weighted by atomic mass is 32.2. The van der Waals surface area contributed by atoms with Crippen LogP contribution in [0.2, 0.25) is 0 Å². The predicted octanol–water partition coefficient (Wildman–Crippen LogP) is -1.34. The number of esters is 1. The van der Waals surface area contributed by atoms with E-state index in [-0.39, 0.29) is 19.5 Å². The van der Waals surface area contributed by atoms with Crippen LogP contribution in [-0.4, -0.2) is 68.1 Å². The van der Waals surface area contributed by atoms with Crippen LogP contribution in [0.1, 0.15) is 5.69 Å². The molecule has 0 unspecified atom stereocenters. The lowest BCUT2D eigenvalue weighted by Crippen LogP contribution is -2.52. The first-order chi connectivity index (χ1) is 10.0. The van der Waals surface area contributed by atoms with E-state index in [1.165, 1.54) is 23.9 Å². The Balaban J connectivity index is 2.08. The molecule has 9 nitrogen and oxygen atoms in total. The quantitative estimate of drug-likeness (QED) is 0.628. The zero-order valence-corrected chi connectivity index (χ0v) is 12.4. The van der Waals surface area contributed by atoms with Gasteiger partial charge in [0.25, 0.3) is 10.2 Å². The van der Waals surface area contributed by atoms with E-state index in [1.54, 1.807) is 0 Å². The second-order valence-electron chi connectivity index (χ2n) is 4.49. The van der Waals surface area contributed by atoms with Gasteiger partial charge in [-0.05, 0) is 0 Å². The number of hydrogen-bond acceptors (Lipinski definition) is 6. The molecular formula is C11H18N4O5S. The number of nitrogens with one attached hydrogen (secondary N) is 2. The van der Waals surface area contributed by atoms with Gasteiger partial charge in [-0.2, -0.15) is 17.4 Å². The molecule has 2 N–H and O–H groups in total. The number of ether oxygens (including phenoxy) is 2. The van der Waals surface area contributed by atoms with Crippen LogP contribution >= 0.6 is 0 Å². The molecule has 2 rings (SSSR count). The highest BCUT2D eigenvalue weighted by Gasteiger charge is 2.31. The smallest absolute Gasteiger partial charge is 0.324 e. The summed E-state index contributed by atoms with van der Waals surface area (Å²) in [4.78, 5) is 18.4. The highest BCUT2D eigenvalue weighted by Crippen LogP contribution is 2.07. The first kappa shape index (κ1) is 15.9. The van der Waals surface area contributed by atoms with Gasteiger partial charge in [-0.25, -0.2) is 4.98 Å². The summed E-state index contributed by atoms with van der Waals surface area (Å²) in [6.45, 7) is 1.19. The molecule has 1 fully saturated rings. The number of imidazole rings is 1. The fourth-order valence-electron chi connectivity index (χ4n) is 1.97. The Morgan fingerprint density at radius 2 is 2.29 bits per heavy atom. The number of carbonyl (C=O) groups is 1. The lowest BCUT2D eigenvalue weighted by Gasteiger charge is -2.27. The lowest BCUT2D eigenvalue weighted by molar-refractivity contribution is -0.142. The SMILES string of the molecule is COC(=O)[C@H](Cc1cnc[nH]1)NS(=O)(=O)N1CCOCC1. The number of methoxy groups -OCH3 is 1. The van der Waals surface area contributed by atoms with Gasteiger partial charge in [0.05, 0.1) is 26.7 Å². The number of hydrogen-bond donors (Lipinski definition) is 2. The third kappa shape index (κ3) is 4.24. The molecule has 0 amide bonds. The zero-order valence-electron chi connectivity index (χ0n) is 11.6. The number of nitrogens with zero attached hydrogens (tertiary/aromatic N) is 2. The Kier molecular flexibility index (Phi) is 5.28. The molecule has 0 aliphatic carbocycles. The van der Waals surface area contributed by atoms with Gasteiger partial charge >= 0.3 is 5.97 Å². The van der Waals surface area contributed by atoms with Crippen LogP contribution in [0.5, 0.6) is 0 Å². The van der Waals surface area contributed by atoms with Gasteiger partial charge < -0.3 is 14.5 Å². The summed E-state index contributed by atoms with van der Waals surface area (Å²) in [7, 11) is -2.56. The van der Waals surface area contributed by atoms with Crippen LogP contribution in [0, 0.1) is 0 Å². The summed E-state index contributed by atoms with van der Waals surface area (Å²) >= 11 is 0. The number of aromatic nitrogens is 2. The molecule has 1 aliphatic heterocycles. The Hall–Kier alpha value is -1.49. The van der Waals surface area contributed by atoms with Gasteiger partial charge in [0.2, 0.25) is 0 Å². The number of aromatic amines is 1. The maximum absolute atomic E-state index is 12.3. The molecular weight excluding hydrogens is 300 g/mol. The van der Waals surface area contributed by atoms with Gasteiger partial charge in [0.15, 0.2) is 0 Å². The average molecular weight is 318 g/mol. The highest BCUT2D eigenvalue weighted by molar-refractivity contribution is 7.87. The number of rotatable bonds is 6. The van der Waals surface area contributed by atoms with Crippen molar-refractivity contribution in [3.05, 3.63) is 18.2 Å². The van der Waals surface area contributed by atoms with Gasteiger partial charge in [-0.1, -0.05) is 0 Å². The predicted molar refractivity (Wildman–Crippen MR) is 72.5 cm³/mol. The number of morpholine rings is 1. The summed E-state index contributed by atoms with van der Waals surface area (Å²) in [5, 5.41) is 0. The second kappa shape index (κ2) is 6.98. The minimum atomic E-state index is -3.77. The van der Waals surface area contributed by atoms with Crippen molar-refractivity contribution in [1.29, 1.82) is 0 Å². The van der Waals surface area contributed by atoms with Gasteiger partial charge in [-0.3, -0.25) is 4.79 Å². The monoisotopic (exact) mass is 318 g/mol. The topological polar surface area (TPSA) is 114 Å². The van der Waals surface area contributed by atoms with Crippen molar-refractivity contribution in [3.63, 3.8) is 0 Å². The summed E-state index contributed by atoms with van der Waals surface area (Å²) < 4.78 is 37.9. The van der Waals surface area contributed by atoms with Crippen LogP contribution < -0.4 is 4.72 Å². The molecule has 1 aliphatic rings. The summed E-state index contributed by atoms with van der Waals surface area (Å²) in [6, 6.07) is -1.01. The van der Waals surface area contributed by atoms with E-state index < -0.39 is 22.2 Å². The fraction of sp³-hybridized carbons (Fsp3) is 0.636. The van der Waals surface area contributed by atoms with Crippen LogP contribution in [-0.2, 0) is 30.9 Å². The van der Waals surface area contributed by atoms with E-state index >= 15 is 0 Å². The van der Waals surface area contributed by atoms with Crippen LogP contribution in [0.4, 0.5) is 0 Å². The maximum atomic E-state index is 12.3. The van der Waals surface area contributed by atoms with Gasteiger partial charge in [-0.15, -0.1) is 0 Å². The van der Waals surface area contributed by atoms with Crippen molar-refractivity contribution in [2.75, 3.05) is 33.4 Å². The third-order valence-corrected chi connectivity index (χ3v) is 4.69. The summed E-state index contributed by atoms with van der Waals surface area (Å²) in [5.41, 5.74) is 0.634. The van der Waals surface area contributed by atoms with E-state index in [1.807, 2.05) is 0 Å². The number of H-pyrrole nitrogens is 1. The zero-order chi connectivity index (χ0) is 15.3. The van der Waals surface area contributed by atoms with Crippen molar-refractivity contribution in [3.8, 4) is 0 Å². The number of carbonyl (C=O) groups excluding carboxylic acids is 1. The van der Waals surface area contributed by atoms with Crippen LogP contribution in [0.15, 0.2) is 12.5 Å². The molecule has 0 bridgehead atoms. The summed E-state index contributed by atoms with van der Waals surface area (Å²) in [6.07, 6.45) is 3.12. The molecule has 118 valence electrons. The molecule has 0 aromatic carbocycles. The molecule has 1 aromatic rings. The first-order valence-electron chi connectivity index (χ1n) is 6.43. The van der Waals surface area contributed by atoms with E-state index in [9.17, 15) is 13.2 Å². The lowest BCUT2D eigenvalue weighted by atomic mass is 10.2. The molecule has 21 heavy (non-hydrogen) atoms. The minimum Gasteiger partial charge on any atom is -0.468 e. The minimum absolute atomic E-state index is 0.135. The second-order valence-corrected chi connectivity index (χ2v) is 6.19. The Morgan fingerprint density at radius 3 is 2.86 bits per heavy atom. The Morgan fingerprint density at radius 1 is 1.57 bits per heavy atom. The Labute approximate surface area is 122 Å². The molecule has 1 saturated heterocycles. The molecule has 0 spiro atoms. The van der Waals surface area contributed by atoms with E-state index in [0.717, 1.165) is 0 Å². The summed E-state index contributed by atoms with van der Waals surface area (Å²) in [5.74, 6) is -0.651. The molecule has 1 aromatic heterocycles.